The van der Waals surface area contributed by atoms with Gasteiger partial charge in [-0.3, -0.25) is 19.2 Å². The number of benzene rings is 3. The first-order chi connectivity index (χ1) is 22.7. The predicted octanol–water partition coefficient (Wildman–Crippen LogP) is 4.85. The van der Waals surface area contributed by atoms with Crippen molar-refractivity contribution in [3.8, 4) is 11.5 Å². The average Bonchev–Trinajstić information content (AvgIpc) is 3.35. The molecular weight excluding hydrogens is 596 g/mol. The Labute approximate surface area is 271 Å². The molecular formula is C38H32N2O7. The number of phenolic OH excluding ortho intramolecular Hbond substituents is 1. The predicted molar refractivity (Wildman–Crippen MR) is 172 cm³/mol. The number of fused-ring (bicyclic) bond motifs is 4. The van der Waals surface area contributed by atoms with Crippen LogP contribution in [0.3, 0.4) is 0 Å². The quantitative estimate of drug-likeness (QED) is 0.304. The number of aromatic hydroxyl groups is 1. The van der Waals surface area contributed by atoms with Crippen molar-refractivity contribution in [3.63, 3.8) is 0 Å². The molecule has 9 nitrogen and oxygen atoms in total. The molecule has 0 spiro atoms. The van der Waals surface area contributed by atoms with Gasteiger partial charge in [0.1, 0.15) is 0 Å². The van der Waals surface area contributed by atoms with Gasteiger partial charge in [-0.1, -0.05) is 90.5 Å². The van der Waals surface area contributed by atoms with Crippen molar-refractivity contribution >= 4 is 41.1 Å². The summed E-state index contributed by atoms with van der Waals surface area (Å²) in [4.78, 5) is 69.4. The molecule has 6 atom stereocenters. The largest absolute Gasteiger partial charge is 0.504 e. The number of carbonyl (C=O) groups excluding carboxylic acids is 5. The fraction of sp³-hybridized carbons (Fsp3) is 0.237. The number of allylic oxidation sites excluding steroid dienone is 5. The number of urea groups is 1. The normalized spacial score (nSPS) is 28.4. The molecule has 0 aromatic heterocycles. The first kappa shape index (κ1) is 30.1. The number of primary amides is 1. The minimum absolute atomic E-state index is 0.0284. The zero-order chi connectivity index (χ0) is 33.0. The maximum absolute atomic E-state index is 14.9. The van der Waals surface area contributed by atoms with E-state index in [0.717, 1.165) is 5.57 Å². The summed E-state index contributed by atoms with van der Waals surface area (Å²) in [6.45, 7) is 0. The highest BCUT2D eigenvalue weighted by Gasteiger charge is 2.65. The Morgan fingerprint density at radius 3 is 2.34 bits per heavy atom. The summed E-state index contributed by atoms with van der Waals surface area (Å²) in [5, 5.41) is 10.2. The third-order valence-electron chi connectivity index (χ3n) is 10.3. The average molecular weight is 629 g/mol. The Bertz CT molecular complexity index is 1930. The van der Waals surface area contributed by atoms with Crippen LogP contribution in [-0.2, 0) is 24.6 Å². The summed E-state index contributed by atoms with van der Waals surface area (Å²) in [5.41, 5.74) is 7.14. The maximum atomic E-state index is 14.9. The first-order valence-electron chi connectivity index (χ1n) is 15.5. The van der Waals surface area contributed by atoms with Crippen molar-refractivity contribution in [1.82, 2.24) is 4.90 Å². The number of rotatable bonds is 5. The van der Waals surface area contributed by atoms with Gasteiger partial charge in [-0.2, -0.15) is 4.90 Å². The number of carbonyl (C=O) groups is 5. The Kier molecular flexibility index (Phi) is 7.27. The summed E-state index contributed by atoms with van der Waals surface area (Å²) in [6.07, 6.45) is 7.36. The lowest BCUT2D eigenvalue weighted by Gasteiger charge is -2.54. The van der Waals surface area contributed by atoms with Crippen LogP contribution in [0.5, 0.6) is 11.5 Å². The van der Waals surface area contributed by atoms with E-state index in [2.05, 4.69) is 0 Å². The van der Waals surface area contributed by atoms with Crippen molar-refractivity contribution in [2.75, 3.05) is 7.11 Å². The number of methoxy groups -OCH3 is 1. The van der Waals surface area contributed by atoms with Crippen LogP contribution in [0.4, 0.5) is 4.79 Å². The molecule has 1 saturated carbocycles. The third kappa shape index (κ3) is 4.48. The minimum atomic E-state index is -1.36. The standard InChI is InChI=1S/C38H32N2O7/c1-47-31-18-21(13-17-30(31)41)12-16-28-24-14-15-25-33(36(45)40(35(25)44)37(39)46)27(24)19-29-34(43)26(22-8-4-2-5-9-22)20-32(42)38(28,29)23-10-6-3-7-11-23/h2-14,16-18,20,25,27-29,33,41H,15,19H2,1H3,(H2,39,46). The number of nitrogens with two attached hydrogens (primary N) is 1. The highest BCUT2D eigenvalue weighted by atomic mass is 16.5. The Morgan fingerprint density at radius 2 is 1.66 bits per heavy atom. The Balaban J connectivity index is 1.46. The first-order valence-corrected chi connectivity index (χ1v) is 15.5. The zero-order valence-electron chi connectivity index (χ0n) is 25.5. The van der Waals surface area contributed by atoms with E-state index in [1.54, 1.807) is 36.4 Å². The van der Waals surface area contributed by atoms with Crippen LogP contribution < -0.4 is 10.5 Å². The second-order valence-corrected chi connectivity index (χ2v) is 12.5. The monoisotopic (exact) mass is 628 g/mol. The van der Waals surface area contributed by atoms with Gasteiger partial charge in [0.2, 0.25) is 11.8 Å². The summed E-state index contributed by atoms with van der Waals surface area (Å²) >= 11 is 0. The molecule has 2 fully saturated rings. The van der Waals surface area contributed by atoms with Gasteiger partial charge in [-0.15, -0.1) is 0 Å². The summed E-state index contributed by atoms with van der Waals surface area (Å²) in [7, 11) is 1.45. The molecule has 6 unspecified atom stereocenters. The van der Waals surface area contributed by atoms with E-state index in [9.17, 15) is 29.1 Å². The van der Waals surface area contributed by atoms with E-state index < -0.39 is 52.8 Å². The SMILES string of the molecule is COc1cc(C=CC2C3=CCC4C(=O)N(C(N)=O)C(=O)C4C3CC3C(=O)C(c4ccccc4)=CC(=O)C23c2ccccc2)ccc1O. The number of imide groups is 3. The molecule has 1 heterocycles. The molecule has 4 amide bonds. The molecule has 3 N–H and O–H groups in total. The molecule has 0 radical (unpaired) electrons. The van der Waals surface area contributed by atoms with E-state index in [1.807, 2.05) is 54.6 Å². The number of amides is 4. The second kappa shape index (κ2) is 11.3. The van der Waals surface area contributed by atoms with Crippen LogP contribution in [-0.4, -0.2) is 46.5 Å². The molecule has 3 aliphatic carbocycles. The number of phenols is 1. The number of nitrogens with zero attached hydrogens (tertiary/aromatic N) is 1. The summed E-state index contributed by atoms with van der Waals surface area (Å²) in [5.74, 6) is -5.43. The number of likely N-dealkylation sites (tertiary alicyclic amines) is 1. The Morgan fingerprint density at radius 1 is 0.957 bits per heavy atom. The lowest BCUT2D eigenvalue weighted by atomic mass is 9.45. The van der Waals surface area contributed by atoms with Crippen molar-refractivity contribution < 1.29 is 33.8 Å². The summed E-state index contributed by atoms with van der Waals surface area (Å²) < 4.78 is 5.31. The number of ether oxygens (including phenoxy) is 1. The van der Waals surface area contributed by atoms with Crippen LogP contribution in [0.1, 0.15) is 29.5 Å². The number of Topliss-reactive ketones (excluding diaryl/α,β-unsaturated/α-hetero) is 1. The molecule has 7 rings (SSSR count). The molecule has 1 aliphatic heterocycles. The van der Waals surface area contributed by atoms with Crippen LogP contribution in [0.15, 0.2) is 103 Å². The van der Waals surface area contributed by atoms with Gasteiger partial charge in [0.05, 0.1) is 24.4 Å². The number of ketones is 2. The van der Waals surface area contributed by atoms with Crippen molar-refractivity contribution in [2.24, 2.45) is 35.3 Å². The summed E-state index contributed by atoms with van der Waals surface area (Å²) in [6, 6.07) is 22.0. The lowest BCUT2D eigenvalue weighted by Crippen LogP contribution is -2.59. The fourth-order valence-electron chi connectivity index (χ4n) is 8.34. The molecule has 9 heteroatoms. The van der Waals surface area contributed by atoms with E-state index >= 15 is 0 Å². The molecule has 1 saturated heterocycles. The van der Waals surface area contributed by atoms with Gasteiger partial charge in [0.25, 0.3) is 0 Å². The molecule has 4 aliphatic rings. The number of hydrogen-bond acceptors (Lipinski definition) is 7. The molecule has 236 valence electrons. The molecule has 3 aromatic rings. The lowest BCUT2D eigenvalue weighted by molar-refractivity contribution is -0.137. The minimum Gasteiger partial charge on any atom is -0.504 e. The van der Waals surface area contributed by atoms with Gasteiger partial charge in [0.15, 0.2) is 23.1 Å². The second-order valence-electron chi connectivity index (χ2n) is 12.5. The van der Waals surface area contributed by atoms with Gasteiger partial charge in [0, 0.05) is 17.4 Å². The van der Waals surface area contributed by atoms with Crippen molar-refractivity contribution in [1.29, 1.82) is 0 Å². The van der Waals surface area contributed by atoms with Crippen LogP contribution in [0.25, 0.3) is 11.6 Å². The van der Waals surface area contributed by atoms with Crippen LogP contribution >= 0.6 is 0 Å². The fourth-order valence-corrected chi connectivity index (χ4v) is 8.34. The van der Waals surface area contributed by atoms with E-state index in [1.165, 1.54) is 19.3 Å². The van der Waals surface area contributed by atoms with Gasteiger partial charge in [-0.05, 0) is 53.7 Å². The van der Waals surface area contributed by atoms with Gasteiger partial charge in [-0.25, -0.2) is 4.79 Å². The van der Waals surface area contributed by atoms with Crippen LogP contribution in [0, 0.1) is 29.6 Å². The van der Waals surface area contributed by atoms with E-state index in [-0.39, 0.29) is 35.9 Å². The van der Waals surface area contributed by atoms with Gasteiger partial charge < -0.3 is 15.6 Å². The highest BCUT2D eigenvalue weighted by molar-refractivity contribution is 6.31. The van der Waals surface area contributed by atoms with Crippen LogP contribution in [0.2, 0.25) is 0 Å². The molecule has 0 bridgehead atoms. The third-order valence-corrected chi connectivity index (χ3v) is 10.3. The van der Waals surface area contributed by atoms with Crippen molar-refractivity contribution in [3.05, 3.63) is 119 Å². The topological polar surface area (TPSA) is 144 Å². The molecule has 47 heavy (non-hydrogen) atoms. The number of hydrogen-bond donors (Lipinski definition) is 2. The zero-order valence-corrected chi connectivity index (χ0v) is 25.5. The maximum Gasteiger partial charge on any atom is 0.328 e. The highest BCUT2D eigenvalue weighted by Crippen LogP contribution is 2.61. The van der Waals surface area contributed by atoms with E-state index in [4.69, 9.17) is 10.5 Å². The smallest absolute Gasteiger partial charge is 0.328 e. The van der Waals surface area contributed by atoms with Gasteiger partial charge >= 0.3 is 6.03 Å². The van der Waals surface area contributed by atoms with E-state index in [0.29, 0.717) is 27.2 Å². The van der Waals surface area contributed by atoms with Crippen molar-refractivity contribution in [2.45, 2.75) is 18.3 Å². The molecule has 3 aromatic carbocycles. The Hall–Kier alpha value is -5.57.